The van der Waals surface area contributed by atoms with E-state index in [4.69, 9.17) is 11.6 Å². The SMILES string of the molecule is CCC(CCBr)NS(=O)(=O)c1ccccc1Cl. The fourth-order valence-corrected chi connectivity index (χ4v) is 3.85. The van der Waals surface area contributed by atoms with Crippen LogP contribution in [-0.4, -0.2) is 19.8 Å². The summed E-state index contributed by atoms with van der Waals surface area (Å²) in [5.41, 5.74) is 0. The fourth-order valence-electron chi connectivity index (χ4n) is 1.42. The summed E-state index contributed by atoms with van der Waals surface area (Å²) in [5.74, 6) is 0. The van der Waals surface area contributed by atoms with E-state index in [-0.39, 0.29) is 16.0 Å². The normalized spacial score (nSPS) is 13.6. The molecule has 1 unspecified atom stereocenters. The topological polar surface area (TPSA) is 46.2 Å². The van der Waals surface area contributed by atoms with Gasteiger partial charge in [-0.3, -0.25) is 0 Å². The Morgan fingerprint density at radius 2 is 2.06 bits per heavy atom. The van der Waals surface area contributed by atoms with Crippen LogP contribution in [0.3, 0.4) is 0 Å². The highest BCUT2D eigenvalue weighted by Crippen LogP contribution is 2.21. The van der Waals surface area contributed by atoms with E-state index in [1.165, 1.54) is 6.07 Å². The van der Waals surface area contributed by atoms with Crippen LogP contribution in [-0.2, 0) is 10.0 Å². The molecule has 1 aromatic carbocycles. The lowest BCUT2D eigenvalue weighted by molar-refractivity contribution is 0.533. The first-order valence-corrected chi connectivity index (χ1v) is 8.32. The molecular weight excluding hydrogens is 326 g/mol. The molecule has 1 N–H and O–H groups in total. The highest BCUT2D eigenvalue weighted by atomic mass is 79.9. The van der Waals surface area contributed by atoms with Gasteiger partial charge in [0.25, 0.3) is 0 Å². The summed E-state index contributed by atoms with van der Waals surface area (Å²) in [7, 11) is -3.53. The Hall–Kier alpha value is -0.100. The van der Waals surface area contributed by atoms with Crippen LogP contribution in [0.2, 0.25) is 5.02 Å². The van der Waals surface area contributed by atoms with E-state index in [0.717, 1.165) is 18.2 Å². The van der Waals surface area contributed by atoms with Crippen LogP contribution < -0.4 is 4.72 Å². The second-order valence-electron chi connectivity index (χ2n) is 3.63. The molecule has 17 heavy (non-hydrogen) atoms. The number of nitrogens with one attached hydrogen (secondary N) is 1. The van der Waals surface area contributed by atoms with Crippen molar-refractivity contribution in [2.24, 2.45) is 0 Å². The summed E-state index contributed by atoms with van der Waals surface area (Å²) in [6.07, 6.45) is 1.50. The number of hydrogen-bond acceptors (Lipinski definition) is 2. The number of alkyl halides is 1. The van der Waals surface area contributed by atoms with Gasteiger partial charge in [-0.05, 0) is 25.0 Å². The predicted molar refractivity (Wildman–Crippen MR) is 74.3 cm³/mol. The van der Waals surface area contributed by atoms with Crippen LogP contribution in [0.15, 0.2) is 29.2 Å². The molecule has 1 rings (SSSR count). The fraction of sp³-hybridized carbons (Fsp3) is 0.455. The first-order chi connectivity index (χ1) is 8.01. The van der Waals surface area contributed by atoms with Gasteiger partial charge >= 0.3 is 0 Å². The zero-order valence-corrected chi connectivity index (χ0v) is 12.6. The van der Waals surface area contributed by atoms with Gasteiger partial charge in [0.1, 0.15) is 4.90 Å². The Bertz CT molecular complexity index is 464. The second-order valence-corrected chi connectivity index (χ2v) is 6.52. The lowest BCUT2D eigenvalue weighted by atomic mass is 10.2. The van der Waals surface area contributed by atoms with Crippen LogP contribution in [0.4, 0.5) is 0 Å². The molecule has 0 fully saturated rings. The average Bonchev–Trinajstić information content (AvgIpc) is 2.28. The third-order valence-corrected chi connectivity index (χ3v) is 4.88. The Labute approximate surface area is 116 Å². The van der Waals surface area contributed by atoms with Gasteiger partial charge in [0.05, 0.1) is 5.02 Å². The van der Waals surface area contributed by atoms with Crippen molar-refractivity contribution in [3.8, 4) is 0 Å². The zero-order valence-electron chi connectivity index (χ0n) is 9.49. The van der Waals surface area contributed by atoms with Crippen LogP contribution >= 0.6 is 27.5 Å². The van der Waals surface area contributed by atoms with Crippen molar-refractivity contribution in [3.63, 3.8) is 0 Å². The molecule has 0 spiro atoms. The maximum absolute atomic E-state index is 12.1. The quantitative estimate of drug-likeness (QED) is 0.808. The van der Waals surface area contributed by atoms with Gasteiger partial charge in [-0.25, -0.2) is 13.1 Å². The summed E-state index contributed by atoms with van der Waals surface area (Å²) in [4.78, 5) is 0.134. The van der Waals surface area contributed by atoms with Gasteiger partial charge in [-0.2, -0.15) is 0 Å². The van der Waals surface area contributed by atoms with Gasteiger partial charge in [0.2, 0.25) is 10.0 Å². The van der Waals surface area contributed by atoms with Crippen LogP contribution in [0.1, 0.15) is 19.8 Å². The molecule has 96 valence electrons. The molecule has 0 bridgehead atoms. The van der Waals surface area contributed by atoms with Crippen molar-refractivity contribution in [2.45, 2.75) is 30.7 Å². The Morgan fingerprint density at radius 3 is 2.59 bits per heavy atom. The van der Waals surface area contributed by atoms with E-state index in [0.29, 0.717) is 0 Å². The van der Waals surface area contributed by atoms with E-state index in [1.54, 1.807) is 18.2 Å². The number of rotatable bonds is 6. The van der Waals surface area contributed by atoms with Crippen LogP contribution in [0, 0.1) is 0 Å². The second kappa shape index (κ2) is 6.73. The lowest BCUT2D eigenvalue weighted by Crippen LogP contribution is -2.34. The smallest absolute Gasteiger partial charge is 0.208 e. The molecule has 0 saturated heterocycles. The molecule has 0 radical (unpaired) electrons. The van der Waals surface area contributed by atoms with Crippen molar-refractivity contribution < 1.29 is 8.42 Å². The molecule has 3 nitrogen and oxygen atoms in total. The predicted octanol–water partition coefficient (Wildman–Crippen LogP) is 3.18. The van der Waals surface area contributed by atoms with Gasteiger partial charge in [0, 0.05) is 11.4 Å². The minimum Gasteiger partial charge on any atom is -0.208 e. The van der Waals surface area contributed by atoms with E-state index in [9.17, 15) is 8.42 Å². The summed E-state index contributed by atoms with van der Waals surface area (Å²) in [6, 6.07) is 6.37. The maximum Gasteiger partial charge on any atom is 0.242 e. The average molecular weight is 341 g/mol. The molecule has 0 heterocycles. The molecule has 0 aliphatic heterocycles. The van der Waals surface area contributed by atoms with Gasteiger partial charge in [0.15, 0.2) is 0 Å². The summed E-state index contributed by atoms with van der Waals surface area (Å²) < 4.78 is 26.8. The van der Waals surface area contributed by atoms with E-state index >= 15 is 0 Å². The van der Waals surface area contributed by atoms with Crippen LogP contribution in [0.5, 0.6) is 0 Å². The largest absolute Gasteiger partial charge is 0.242 e. The van der Waals surface area contributed by atoms with Gasteiger partial charge in [-0.1, -0.05) is 46.6 Å². The van der Waals surface area contributed by atoms with Crippen molar-refractivity contribution in [2.75, 3.05) is 5.33 Å². The molecule has 1 atom stereocenters. The Kier molecular flexibility index (Phi) is 5.92. The zero-order chi connectivity index (χ0) is 12.9. The van der Waals surface area contributed by atoms with Gasteiger partial charge < -0.3 is 0 Å². The van der Waals surface area contributed by atoms with E-state index in [1.807, 2.05) is 6.92 Å². The Morgan fingerprint density at radius 1 is 1.41 bits per heavy atom. The first-order valence-electron chi connectivity index (χ1n) is 5.34. The molecule has 0 aliphatic carbocycles. The monoisotopic (exact) mass is 339 g/mol. The maximum atomic E-state index is 12.1. The minimum atomic E-state index is -3.53. The van der Waals surface area contributed by atoms with Crippen molar-refractivity contribution >= 4 is 37.6 Å². The van der Waals surface area contributed by atoms with Crippen LogP contribution in [0.25, 0.3) is 0 Å². The third-order valence-electron chi connectivity index (χ3n) is 2.40. The first kappa shape index (κ1) is 15.0. The Balaban J connectivity index is 2.92. The molecule has 0 aromatic heterocycles. The van der Waals surface area contributed by atoms with Crippen molar-refractivity contribution in [1.29, 1.82) is 0 Å². The molecule has 0 saturated carbocycles. The van der Waals surface area contributed by atoms with Crippen molar-refractivity contribution in [1.82, 2.24) is 4.72 Å². The molecular formula is C11H15BrClNO2S. The molecule has 1 aromatic rings. The van der Waals surface area contributed by atoms with E-state index < -0.39 is 10.0 Å². The lowest BCUT2D eigenvalue weighted by Gasteiger charge is -2.16. The van der Waals surface area contributed by atoms with Gasteiger partial charge in [-0.15, -0.1) is 0 Å². The standard InChI is InChI=1S/C11H15BrClNO2S/c1-2-9(7-8-12)14-17(15,16)11-6-4-3-5-10(11)13/h3-6,9,14H,2,7-8H2,1H3. The summed E-state index contributed by atoms with van der Waals surface area (Å²) >= 11 is 9.19. The molecule has 0 amide bonds. The summed E-state index contributed by atoms with van der Waals surface area (Å²) in [6.45, 7) is 1.95. The highest BCUT2D eigenvalue weighted by Gasteiger charge is 2.20. The summed E-state index contributed by atoms with van der Waals surface area (Å²) in [5, 5.41) is 1.00. The minimum absolute atomic E-state index is 0.0735. The number of sulfonamides is 1. The third kappa shape index (κ3) is 4.25. The number of benzene rings is 1. The number of hydrogen-bond donors (Lipinski definition) is 1. The van der Waals surface area contributed by atoms with Crippen molar-refractivity contribution in [3.05, 3.63) is 29.3 Å². The molecule has 6 heteroatoms. The molecule has 0 aliphatic rings. The van der Waals surface area contributed by atoms with E-state index in [2.05, 4.69) is 20.7 Å². The number of halogens is 2. The highest BCUT2D eigenvalue weighted by molar-refractivity contribution is 9.09.